The van der Waals surface area contributed by atoms with Gasteiger partial charge in [-0.2, -0.15) is 5.10 Å². The van der Waals surface area contributed by atoms with Gasteiger partial charge in [0, 0.05) is 54.0 Å². The van der Waals surface area contributed by atoms with Crippen molar-refractivity contribution in [2.24, 2.45) is 0 Å². The average molecular weight is 541 g/mol. The fraction of sp³-hybridized carbons (Fsp3) is 0.368. The first-order chi connectivity index (χ1) is 13.9. The highest BCUT2D eigenvalue weighted by atomic mass is 79.9. The molecule has 4 rings (SSSR count). The lowest BCUT2D eigenvalue weighted by atomic mass is 10.1. The maximum absolute atomic E-state index is 12.6. The molecule has 0 spiro atoms. The molecule has 3 aromatic rings. The summed E-state index contributed by atoms with van der Waals surface area (Å²) in [6.07, 6.45) is 2.11. The van der Waals surface area contributed by atoms with Gasteiger partial charge in [0.2, 0.25) is 5.91 Å². The first-order valence-electron chi connectivity index (χ1n) is 9.15. The molecule has 1 aliphatic heterocycles. The Balaban J connectivity index is 1.49. The number of nitrogens with zero attached hydrogens (tertiary/aromatic N) is 5. The normalized spacial score (nSPS) is 15.2. The summed E-state index contributed by atoms with van der Waals surface area (Å²) in [5, 5.41) is 7.19. The van der Waals surface area contributed by atoms with E-state index in [-0.39, 0.29) is 24.7 Å². The first kappa shape index (κ1) is 20.6. The standard InChI is InChI=1S/C19H19Br2N5O2S/c1-24-2-4-25(5-3-24)18(28)10-26-9-13-6-12(14(20)8-15(13)23-26)7-17(27)16-11-29-19(21)22-16/h6,8-9,11H,2-5,7,10H2,1H3. The molecule has 1 aromatic carbocycles. The van der Waals surface area contributed by atoms with Gasteiger partial charge in [-0.1, -0.05) is 15.9 Å². The molecule has 10 heteroatoms. The van der Waals surface area contributed by atoms with E-state index in [1.165, 1.54) is 11.3 Å². The van der Waals surface area contributed by atoms with Crippen LogP contribution in [0.5, 0.6) is 0 Å². The van der Waals surface area contributed by atoms with Crippen LogP contribution in [-0.2, 0) is 17.8 Å². The third-order valence-corrected chi connectivity index (χ3v) is 7.09. The highest BCUT2D eigenvalue weighted by molar-refractivity contribution is 9.11. The molecular weight excluding hydrogens is 522 g/mol. The van der Waals surface area contributed by atoms with Crippen molar-refractivity contribution in [2.45, 2.75) is 13.0 Å². The number of hydrogen-bond donors (Lipinski definition) is 0. The quantitative estimate of drug-likeness (QED) is 0.465. The van der Waals surface area contributed by atoms with Crippen molar-refractivity contribution in [3.8, 4) is 0 Å². The summed E-state index contributed by atoms with van der Waals surface area (Å²) in [4.78, 5) is 33.4. The molecule has 152 valence electrons. The summed E-state index contributed by atoms with van der Waals surface area (Å²) in [5.74, 6) is 0.0409. The number of carbonyl (C=O) groups excluding carboxylic acids is 2. The highest BCUT2D eigenvalue weighted by Gasteiger charge is 2.20. The van der Waals surface area contributed by atoms with Crippen LogP contribution in [-0.4, -0.2) is 69.5 Å². The first-order valence-corrected chi connectivity index (χ1v) is 11.6. The van der Waals surface area contributed by atoms with E-state index in [2.05, 4.69) is 53.9 Å². The lowest BCUT2D eigenvalue weighted by Gasteiger charge is -2.32. The topological polar surface area (TPSA) is 71.3 Å². The molecule has 0 aliphatic carbocycles. The zero-order valence-electron chi connectivity index (χ0n) is 15.8. The molecule has 29 heavy (non-hydrogen) atoms. The zero-order valence-corrected chi connectivity index (χ0v) is 19.8. The molecule has 0 unspecified atom stereocenters. The van der Waals surface area contributed by atoms with Crippen molar-refractivity contribution in [3.63, 3.8) is 0 Å². The number of thiazole rings is 1. The van der Waals surface area contributed by atoms with Gasteiger partial charge < -0.3 is 9.80 Å². The minimum Gasteiger partial charge on any atom is -0.339 e. The van der Waals surface area contributed by atoms with Crippen LogP contribution >= 0.6 is 43.2 Å². The van der Waals surface area contributed by atoms with Gasteiger partial charge >= 0.3 is 0 Å². The SMILES string of the molecule is CN1CCN(C(=O)Cn2cc3cc(CC(=O)c4csc(Br)n4)c(Br)cc3n2)CC1. The number of amides is 1. The molecule has 1 fully saturated rings. The van der Waals surface area contributed by atoms with Crippen molar-refractivity contribution in [3.05, 3.63) is 43.4 Å². The van der Waals surface area contributed by atoms with Gasteiger partial charge in [0.05, 0.1) is 5.52 Å². The second-order valence-electron chi connectivity index (χ2n) is 7.10. The molecule has 1 aliphatic rings. The van der Waals surface area contributed by atoms with Crippen LogP contribution < -0.4 is 0 Å². The number of aromatic nitrogens is 3. The zero-order chi connectivity index (χ0) is 20.5. The number of rotatable bonds is 5. The van der Waals surface area contributed by atoms with E-state index in [0.29, 0.717) is 9.61 Å². The summed E-state index contributed by atoms with van der Waals surface area (Å²) >= 11 is 8.22. The lowest BCUT2D eigenvalue weighted by Crippen LogP contribution is -2.48. The second kappa shape index (κ2) is 8.63. The van der Waals surface area contributed by atoms with Gasteiger partial charge in [0.15, 0.2) is 9.70 Å². The van der Waals surface area contributed by atoms with E-state index in [1.54, 1.807) is 10.1 Å². The number of halogens is 2. The Labute approximate surface area is 188 Å². The number of ketones is 1. The molecule has 0 N–H and O–H groups in total. The molecule has 0 atom stereocenters. The molecule has 2 aromatic heterocycles. The number of piperazine rings is 1. The molecule has 0 bridgehead atoms. The number of likely N-dealkylation sites (N-methyl/N-ethyl adjacent to an activating group) is 1. The maximum atomic E-state index is 12.6. The highest BCUT2D eigenvalue weighted by Crippen LogP contribution is 2.26. The Morgan fingerprint density at radius 2 is 1.93 bits per heavy atom. The predicted octanol–water partition coefficient (Wildman–Crippen LogP) is 3.22. The van der Waals surface area contributed by atoms with E-state index in [1.807, 2.05) is 23.2 Å². The van der Waals surface area contributed by atoms with Crippen molar-refractivity contribution in [1.29, 1.82) is 0 Å². The van der Waals surface area contributed by atoms with E-state index in [0.717, 1.165) is 47.1 Å². The number of hydrogen-bond acceptors (Lipinski definition) is 6. The summed E-state index contributed by atoms with van der Waals surface area (Å²) in [5.41, 5.74) is 2.12. The van der Waals surface area contributed by atoms with Crippen molar-refractivity contribution in [2.75, 3.05) is 33.2 Å². The van der Waals surface area contributed by atoms with Gasteiger partial charge in [-0.05, 0) is 40.7 Å². The van der Waals surface area contributed by atoms with Crippen LogP contribution in [0.2, 0.25) is 0 Å². The van der Waals surface area contributed by atoms with Crippen molar-refractivity contribution >= 4 is 65.8 Å². The second-order valence-corrected chi connectivity index (χ2v) is 10.1. The van der Waals surface area contributed by atoms with Gasteiger partial charge in [-0.25, -0.2) is 4.98 Å². The predicted molar refractivity (Wildman–Crippen MR) is 119 cm³/mol. The lowest BCUT2D eigenvalue weighted by molar-refractivity contribution is -0.133. The van der Waals surface area contributed by atoms with Crippen LogP contribution in [0, 0.1) is 0 Å². The molecule has 1 amide bonds. The molecule has 1 saturated heterocycles. The third-order valence-electron chi connectivity index (χ3n) is 4.99. The summed E-state index contributed by atoms with van der Waals surface area (Å²) in [6.45, 7) is 3.51. The van der Waals surface area contributed by atoms with E-state index in [4.69, 9.17) is 0 Å². The number of carbonyl (C=O) groups is 2. The molecule has 0 radical (unpaired) electrons. The number of benzene rings is 1. The van der Waals surface area contributed by atoms with Crippen LogP contribution in [0.25, 0.3) is 10.9 Å². The fourth-order valence-corrected chi connectivity index (χ4v) is 4.79. The van der Waals surface area contributed by atoms with E-state index < -0.39 is 0 Å². The molecular formula is C19H19Br2N5O2S. The summed E-state index contributed by atoms with van der Waals surface area (Å²) in [6, 6.07) is 3.84. The van der Waals surface area contributed by atoms with Crippen LogP contribution in [0.4, 0.5) is 0 Å². The fourth-order valence-electron chi connectivity index (χ4n) is 3.30. The monoisotopic (exact) mass is 539 g/mol. The minimum absolute atomic E-state index is 0.0374. The third kappa shape index (κ3) is 4.76. The Morgan fingerprint density at radius 3 is 2.62 bits per heavy atom. The maximum Gasteiger partial charge on any atom is 0.244 e. The van der Waals surface area contributed by atoms with Crippen LogP contribution in [0.3, 0.4) is 0 Å². The minimum atomic E-state index is -0.0374. The van der Waals surface area contributed by atoms with Crippen LogP contribution in [0.15, 0.2) is 32.1 Å². The van der Waals surface area contributed by atoms with Gasteiger partial charge in [-0.3, -0.25) is 14.3 Å². The Hall–Kier alpha value is -1.62. The Bertz CT molecular complexity index is 1070. The van der Waals surface area contributed by atoms with Gasteiger partial charge in [-0.15, -0.1) is 11.3 Å². The van der Waals surface area contributed by atoms with Gasteiger partial charge in [0.1, 0.15) is 12.2 Å². The molecule has 3 heterocycles. The largest absolute Gasteiger partial charge is 0.339 e. The summed E-state index contributed by atoms with van der Waals surface area (Å²) in [7, 11) is 2.06. The number of fused-ring (bicyclic) bond motifs is 1. The van der Waals surface area contributed by atoms with Crippen molar-refractivity contribution < 1.29 is 9.59 Å². The number of Topliss-reactive ketones (excluding diaryl/α,β-unsaturated/α-hetero) is 1. The molecule has 7 nitrogen and oxygen atoms in total. The Kier molecular flexibility index (Phi) is 6.14. The summed E-state index contributed by atoms with van der Waals surface area (Å²) < 4.78 is 3.20. The smallest absolute Gasteiger partial charge is 0.244 e. The van der Waals surface area contributed by atoms with E-state index >= 15 is 0 Å². The van der Waals surface area contributed by atoms with Gasteiger partial charge in [0.25, 0.3) is 0 Å². The van der Waals surface area contributed by atoms with E-state index in [9.17, 15) is 9.59 Å². The van der Waals surface area contributed by atoms with Crippen LogP contribution in [0.1, 0.15) is 16.1 Å². The van der Waals surface area contributed by atoms with Crippen molar-refractivity contribution in [1.82, 2.24) is 24.6 Å². The Morgan fingerprint density at radius 1 is 1.17 bits per heavy atom. The molecule has 0 saturated carbocycles. The average Bonchev–Trinajstić information content (AvgIpc) is 3.28.